The maximum absolute atomic E-state index is 6.50. The third-order valence-electron chi connectivity index (χ3n) is 2.83. The smallest absolute Gasteiger partial charge is 0.161 e. The molecule has 0 bridgehead atoms. The van der Waals surface area contributed by atoms with Gasteiger partial charge < -0.3 is 9.47 Å². The molecule has 2 rings (SSSR count). The van der Waals surface area contributed by atoms with Gasteiger partial charge in [-0.3, -0.25) is 0 Å². The van der Waals surface area contributed by atoms with Crippen LogP contribution < -0.4 is 9.47 Å². The molecule has 0 fully saturated rings. The van der Waals surface area contributed by atoms with Crippen molar-refractivity contribution in [2.24, 2.45) is 0 Å². The van der Waals surface area contributed by atoms with E-state index in [-0.39, 0.29) is 5.38 Å². The molecule has 1 unspecified atom stereocenters. The van der Waals surface area contributed by atoms with E-state index in [9.17, 15) is 0 Å². The van der Waals surface area contributed by atoms with Crippen LogP contribution in [0.5, 0.6) is 11.5 Å². The van der Waals surface area contributed by atoms with Crippen molar-refractivity contribution in [3.8, 4) is 11.5 Å². The maximum atomic E-state index is 6.50. The van der Waals surface area contributed by atoms with Crippen molar-refractivity contribution in [1.29, 1.82) is 0 Å². The Hall–Kier alpha value is -0.900. The molecule has 5 heteroatoms. The molecule has 0 aliphatic carbocycles. The molecule has 1 heterocycles. The fourth-order valence-corrected chi connectivity index (χ4v) is 3.34. The Kier molecular flexibility index (Phi) is 4.61. The fourth-order valence-electron chi connectivity index (χ4n) is 1.78. The van der Waals surface area contributed by atoms with Gasteiger partial charge in [-0.25, -0.2) is 0 Å². The standard InChI is InChI=1S/C14H14Cl2O2S/c1-8-6-12(19-14(8)16)13(15)9-4-5-10(17-2)11(7-9)18-3/h4-7,13H,1-3H3. The number of hydrogen-bond donors (Lipinski definition) is 0. The lowest BCUT2D eigenvalue weighted by atomic mass is 10.1. The first kappa shape index (κ1) is 14.5. The van der Waals surface area contributed by atoms with Crippen LogP contribution in [0.4, 0.5) is 0 Å². The van der Waals surface area contributed by atoms with Crippen molar-refractivity contribution in [2.75, 3.05) is 14.2 Å². The summed E-state index contributed by atoms with van der Waals surface area (Å²) in [5.41, 5.74) is 2.00. The predicted octanol–water partition coefficient (Wildman–Crippen LogP) is 5.06. The normalized spacial score (nSPS) is 12.3. The number of methoxy groups -OCH3 is 2. The molecule has 102 valence electrons. The number of halogens is 2. The molecule has 2 aromatic rings. The van der Waals surface area contributed by atoms with Gasteiger partial charge in [0.2, 0.25) is 0 Å². The molecule has 0 radical (unpaired) electrons. The van der Waals surface area contributed by atoms with Gasteiger partial charge in [-0.05, 0) is 36.2 Å². The number of ether oxygens (including phenoxy) is 2. The molecule has 19 heavy (non-hydrogen) atoms. The van der Waals surface area contributed by atoms with Gasteiger partial charge in [0.15, 0.2) is 11.5 Å². The molecule has 0 amide bonds. The fraction of sp³-hybridized carbons (Fsp3) is 0.286. The van der Waals surface area contributed by atoms with E-state index in [1.807, 2.05) is 31.2 Å². The number of hydrogen-bond acceptors (Lipinski definition) is 3. The molecular formula is C14H14Cl2O2S. The number of aryl methyl sites for hydroxylation is 1. The first-order valence-electron chi connectivity index (χ1n) is 5.68. The van der Waals surface area contributed by atoms with Crippen LogP contribution in [0, 0.1) is 6.92 Å². The Bertz CT molecular complexity index is 561. The number of thiophene rings is 1. The van der Waals surface area contributed by atoms with E-state index in [4.69, 9.17) is 32.7 Å². The third kappa shape index (κ3) is 2.99. The molecule has 1 aromatic carbocycles. The molecular weight excluding hydrogens is 303 g/mol. The second-order valence-electron chi connectivity index (χ2n) is 4.08. The highest BCUT2D eigenvalue weighted by Gasteiger charge is 2.17. The van der Waals surface area contributed by atoms with E-state index in [1.165, 1.54) is 11.3 Å². The molecule has 0 saturated carbocycles. The van der Waals surface area contributed by atoms with E-state index in [2.05, 4.69) is 0 Å². The van der Waals surface area contributed by atoms with Crippen molar-refractivity contribution >= 4 is 34.5 Å². The zero-order chi connectivity index (χ0) is 14.0. The zero-order valence-electron chi connectivity index (χ0n) is 10.9. The van der Waals surface area contributed by atoms with E-state index in [0.29, 0.717) is 11.5 Å². The second-order valence-corrected chi connectivity index (χ2v) is 6.20. The van der Waals surface area contributed by atoms with Gasteiger partial charge in [0.05, 0.1) is 23.9 Å². The lowest BCUT2D eigenvalue weighted by molar-refractivity contribution is 0.354. The van der Waals surface area contributed by atoms with Crippen LogP contribution in [0.3, 0.4) is 0 Å². The summed E-state index contributed by atoms with van der Waals surface area (Å²) in [7, 11) is 3.22. The SMILES string of the molecule is COc1ccc(C(Cl)c2cc(C)c(Cl)s2)cc1OC. The van der Waals surface area contributed by atoms with E-state index >= 15 is 0 Å². The summed E-state index contributed by atoms with van der Waals surface area (Å²) in [4.78, 5) is 1.02. The van der Waals surface area contributed by atoms with Gasteiger partial charge in [-0.1, -0.05) is 17.7 Å². The summed E-state index contributed by atoms with van der Waals surface area (Å²) in [5, 5.41) is -0.240. The Balaban J connectivity index is 2.35. The molecule has 2 nitrogen and oxygen atoms in total. The number of rotatable bonds is 4. The Morgan fingerprint density at radius 2 is 1.79 bits per heavy atom. The molecule has 0 saturated heterocycles. The molecule has 1 atom stereocenters. The van der Waals surface area contributed by atoms with Crippen LogP contribution in [0.25, 0.3) is 0 Å². The van der Waals surface area contributed by atoms with Crippen molar-refractivity contribution in [1.82, 2.24) is 0 Å². The summed E-state index contributed by atoms with van der Waals surface area (Å²) in [6.07, 6.45) is 0. The molecule has 1 aromatic heterocycles. The first-order valence-corrected chi connectivity index (χ1v) is 7.31. The van der Waals surface area contributed by atoms with Crippen LogP contribution in [0.2, 0.25) is 4.34 Å². The zero-order valence-corrected chi connectivity index (χ0v) is 13.2. The minimum Gasteiger partial charge on any atom is -0.493 e. The summed E-state index contributed by atoms with van der Waals surface area (Å²) >= 11 is 14.1. The van der Waals surface area contributed by atoms with Gasteiger partial charge in [-0.2, -0.15) is 0 Å². The molecule has 0 aliphatic rings. The highest BCUT2D eigenvalue weighted by Crippen LogP contribution is 2.40. The van der Waals surface area contributed by atoms with Gasteiger partial charge in [0.1, 0.15) is 0 Å². The highest BCUT2D eigenvalue weighted by atomic mass is 35.5. The predicted molar refractivity (Wildman–Crippen MR) is 81.3 cm³/mol. The first-order chi connectivity index (χ1) is 9.06. The van der Waals surface area contributed by atoms with Crippen LogP contribution in [0.1, 0.15) is 21.4 Å². The van der Waals surface area contributed by atoms with E-state index < -0.39 is 0 Å². The minimum atomic E-state index is -0.240. The summed E-state index contributed by atoms with van der Waals surface area (Å²) in [6, 6.07) is 7.69. The van der Waals surface area contributed by atoms with Crippen LogP contribution >= 0.6 is 34.5 Å². The number of alkyl halides is 1. The van der Waals surface area contributed by atoms with Gasteiger partial charge in [0.25, 0.3) is 0 Å². The average Bonchev–Trinajstić information content (AvgIpc) is 2.77. The van der Waals surface area contributed by atoms with Crippen molar-refractivity contribution in [2.45, 2.75) is 12.3 Å². The highest BCUT2D eigenvalue weighted by molar-refractivity contribution is 7.16. The van der Waals surface area contributed by atoms with Crippen LogP contribution in [-0.2, 0) is 0 Å². The average molecular weight is 317 g/mol. The topological polar surface area (TPSA) is 18.5 Å². The second kappa shape index (κ2) is 6.04. The van der Waals surface area contributed by atoms with Gasteiger partial charge in [0, 0.05) is 4.88 Å². The van der Waals surface area contributed by atoms with Crippen molar-refractivity contribution < 1.29 is 9.47 Å². The van der Waals surface area contributed by atoms with E-state index in [1.54, 1.807) is 14.2 Å². The van der Waals surface area contributed by atoms with Gasteiger partial charge in [-0.15, -0.1) is 22.9 Å². The minimum absolute atomic E-state index is 0.240. The number of benzene rings is 1. The van der Waals surface area contributed by atoms with Crippen molar-refractivity contribution in [3.05, 3.63) is 44.6 Å². The molecule has 0 spiro atoms. The van der Waals surface area contributed by atoms with Crippen LogP contribution in [0.15, 0.2) is 24.3 Å². The Morgan fingerprint density at radius 1 is 1.11 bits per heavy atom. The summed E-state index contributed by atoms with van der Waals surface area (Å²) in [5.74, 6) is 1.36. The maximum Gasteiger partial charge on any atom is 0.161 e. The largest absolute Gasteiger partial charge is 0.493 e. The van der Waals surface area contributed by atoms with Crippen LogP contribution in [-0.4, -0.2) is 14.2 Å². The Labute approximate surface area is 126 Å². The Morgan fingerprint density at radius 3 is 2.32 bits per heavy atom. The summed E-state index contributed by atoms with van der Waals surface area (Å²) in [6.45, 7) is 1.97. The molecule has 0 aliphatic heterocycles. The van der Waals surface area contributed by atoms with Crippen molar-refractivity contribution in [3.63, 3.8) is 0 Å². The lowest BCUT2D eigenvalue weighted by Crippen LogP contribution is -1.95. The third-order valence-corrected chi connectivity index (χ3v) is 5.06. The summed E-state index contributed by atoms with van der Waals surface area (Å²) < 4.78 is 11.3. The van der Waals surface area contributed by atoms with E-state index in [0.717, 1.165) is 20.3 Å². The quantitative estimate of drug-likeness (QED) is 0.734. The monoisotopic (exact) mass is 316 g/mol. The molecule has 0 N–H and O–H groups in total. The lowest BCUT2D eigenvalue weighted by Gasteiger charge is -2.12. The van der Waals surface area contributed by atoms with Gasteiger partial charge >= 0.3 is 0 Å².